The third-order valence-corrected chi connectivity index (χ3v) is 2.37. The predicted octanol–water partition coefficient (Wildman–Crippen LogP) is 1.63. The van der Waals surface area contributed by atoms with Crippen molar-refractivity contribution in [1.29, 1.82) is 0 Å². The van der Waals surface area contributed by atoms with E-state index in [1.165, 1.54) is 6.08 Å². The van der Waals surface area contributed by atoms with E-state index in [0.717, 1.165) is 0 Å². The van der Waals surface area contributed by atoms with Crippen LogP contribution >= 0.6 is 11.6 Å². The highest BCUT2D eigenvalue weighted by Crippen LogP contribution is 2.09. The van der Waals surface area contributed by atoms with E-state index in [9.17, 15) is 9.59 Å². The highest BCUT2D eigenvalue weighted by atomic mass is 35.5. The Balaban J connectivity index is 3.82. The van der Waals surface area contributed by atoms with Crippen molar-refractivity contribution >= 4 is 23.5 Å². The summed E-state index contributed by atoms with van der Waals surface area (Å²) in [6.07, 6.45) is 2.30. The fraction of sp³-hybridized carbons (Fsp3) is 0.636. The fourth-order valence-corrected chi connectivity index (χ4v) is 1.31. The van der Waals surface area contributed by atoms with Gasteiger partial charge in [0, 0.05) is 6.04 Å². The maximum absolute atomic E-state index is 11.2. The lowest BCUT2D eigenvalue weighted by Crippen LogP contribution is -2.32. The van der Waals surface area contributed by atoms with Gasteiger partial charge in [-0.25, -0.2) is 0 Å². The highest BCUT2D eigenvalue weighted by Gasteiger charge is 2.17. The van der Waals surface area contributed by atoms with Crippen molar-refractivity contribution < 1.29 is 14.3 Å². The minimum absolute atomic E-state index is 0.0406. The summed E-state index contributed by atoms with van der Waals surface area (Å²) in [6.45, 7) is 7.25. The number of hydrogen-bond donors (Lipinski definition) is 1. The van der Waals surface area contributed by atoms with E-state index in [1.807, 2.05) is 6.92 Å². The van der Waals surface area contributed by atoms with Crippen molar-refractivity contribution in [2.75, 3.05) is 6.61 Å². The van der Waals surface area contributed by atoms with Crippen molar-refractivity contribution in [3.8, 4) is 0 Å². The molecule has 0 rings (SSSR count). The number of carbonyl (C=O) groups is 2. The molecule has 0 aromatic heterocycles. The monoisotopic (exact) mass is 247 g/mol. The van der Waals surface area contributed by atoms with Gasteiger partial charge in [0.1, 0.15) is 5.38 Å². The van der Waals surface area contributed by atoms with E-state index in [4.69, 9.17) is 16.3 Å². The van der Waals surface area contributed by atoms with E-state index < -0.39 is 11.3 Å². The molecule has 0 fully saturated rings. The lowest BCUT2D eigenvalue weighted by molar-refractivity contribution is -0.142. The van der Waals surface area contributed by atoms with Crippen molar-refractivity contribution in [2.45, 2.75) is 38.1 Å². The van der Waals surface area contributed by atoms with E-state index in [-0.39, 0.29) is 11.9 Å². The molecule has 0 bridgehead atoms. The van der Waals surface area contributed by atoms with Gasteiger partial charge in [-0.05, 0) is 32.8 Å². The summed E-state index contributed by atoms with van der Waals surface area (Å²) >= 11 is 5.82. The fourth-order valence-electron chi connectivity index (χ4n) is 1.12. The second kappa shape index (κ2) is 8.16. The summed E-state index contributed by atoms with van der Waals surface area (Å²) in [4.78, 5) is 22.1. The van der Waals surface area contributed by atoms with Gasteiger partial charge in [-0.3, -0.25) is 9.59 Å². The molecule has 0 spiro atoms. The maximum atomic E-state index is 11.2. The van der Waals surface area contributed by atoms with Crippen LogP contribution in [0.5, 0.6) is 0 Å². The number of carbonyl (C=O) groups excluding carboxylic acids is 2. The van der Waals surface area contributed by atoms with Crippen molar-refractivity contribution in [3.63, 3.8) is 0 Å². The van der Waals surface area contributed by atoms with Crippen LogP contribution in [0.15, 0.2) is 12.7 Å². The Bertz CT molecular complexity index is 256. The van der Waals surface area contributed by atoms with Gasteiger partial charge in [-0.2, -0.15) is 0 Å². The largest absolute Gasteiger partial charge is 0.465 e. The molecule has 2 unspecified atom stereocenters. The van der Waals surface area contributed by atoms with E-state index in [1.54, 1.807) is 6.92 Å². The van der Waals surface area contributed by atoms with Crippen molar-refractivity contribution in [1.82, 2.24) is 5.32 Å². The third kappa shape index (κ3) is 6.45. The van der Waals surface area contributed by atoms with Gasteiger partial charge in [0.25, 0.3) is 0 Å². The Morgan fingerprint density at radius 1 is 1.50 bits per heavy atom. The number of rotatable bonds is 7. The van der Waals surface area contributed by atoms with Crippen LogP contribution < -0.4 is 5.32 Å². The Labute approximate surface area is 101 Å². The van der Waals surface area contributed by atoms with Crippen LogP contribution in [0, 0.1) is 0 Å². The zero-order valence-electron chi connectivity index (χ0n) is 9.66. The molecule has 16 heavy (non-hydrogen) atoms. The van der Waals surface area contributed by atoms with Crippen LogP contribution in [0.3, 0.4) is 0 Å². The van der Waals surface area contributed by atoms with Crippen LogP contribution in [0.1, 0.15) is 26.7 Å². The number of halogens is 1. The van der Waals surface area contributed by atoms with Gasteiger partial charge in [0.15, 0.2) is 0 Å². The highest BCUT2D eigenvalue weighted by molar-refractivity contribution is 6.29. The first-order valence-corrected chi connectivity index (χ1v) is 5.68. The number of hydrogen-bond acceptors (Lipinski definition) is 3. The molecule has 0 heterocycles. The summed E-state index contributed by atoms with van der Waals surface area (Å²) in [7, 11) is 0. The molecule has 2 atom stereocenters. The topological polar surface area (TPSA) is 55.4 Å². The van der Waals surface area contributed by atoms with Gasteiger partial charge in [-0.1, -0.05) is 6.58 Å². The second-order valence-corrected chi connectivity index (χ2v) is 3.94. The van der Waals surface area contributed by atoms with Crippen LogP contribution in [-0.4, -0.2) is 29.9 Å². The van der Waals surface area contributed by atoms with Gasteiger partial charge in [0.05, 0.1) is 6.61 Å². The Hall–Kier alpha value is -1.03. The number of alkyl halides is 1. The quantitative estimate of drug-likeness (QED) is 0.423. The third-order valence-electron chi connectivity index (χ3n) is 1.97. The molecule has 0 aromatic rings. The van der Waals surface area contributed by atoms with E-state index in [0.29, 0.717) is 19.4 Å². The molecule has 0 radical (unpaired) electrons. The molecule has 92 valence electrons. The molecule has 0 aliphatic carbocycles. The molecular weight excluding hydrogens is 230 g/mol. The molecule has 0 aliphatic heterocycles. The van der Waals surface area contributed by atoms with Gasteiger partial charge in [-0.15, -0.1) is 11.6 Å². The summed E-state index contributed by atoms with van der Waals surface area (Å²) in [5.41, 5.74) is 0. The van der Waals surface area contributed by atoms with Crippen LogP contribution in [-0.2, 0) is 14.3 Å². The lowest BCUT2D eigenvalue weighted by atomic mass is 10.1. The van der Waals surface area contributed by atoms with Crippen LogP contribution in [0.25, 0.3) is 0 Å². The second-order valence-electron chi connectivity index (χ2n) is 3.41. The maximum Gasteiger partial charge on any atom is 0.324 e. The SMILES string of the molecule is C=CC(=O)NC(C)CCC(Cl)C(=O)OCC. The molecule has 1 amide bonds. The van der Waals surface area contributed by atoms with E-state index >= 15 is 0 Å². The van der Waals surface area contributed by atoms with Gasteiger partial charge < -0.3 is 10.1 Å². The molecular formula is C11H18ClNO3. The van der Waals surface area contributed by atoms with Crippen LogP contribution in [0.4, 0.5) is 0 Å². The van der Waals surface area contributed by atoms with E-state index in [2.05, 4.69) is 11.9 Å². The van der Waals surface area contributed by atoms with Crippen molar-refractivity contribution in [3.05, 3.63) is 12.7 Å². The smallest absolute Gasteiger partial charge is 0.324 e. The summed E-state index contributed by atoms with van der Waals surface area (Å²) in [5.74, 6) is -0.638. The summed E-state index contributed by atoms with van der Waals surface area (Å²) in [6, 6.07) is -0.0406. The number of nitrogens with one attached hydrogen (secondary N) is 1. The Morgan fingerprint density at radius 3 is 2.62 bits per heavy atom. The normalized spacial score (nSPS) is 13.7. The molecule has 0 aliphatic rings. The zero-order valence-corrected chi connectivity index (χ0v) is 10.4. The van der Waals surface area contributed by atoms with Crippen molar-refractivity contribution in [2.24, 2.45) is 0 Å². The first kappa shape index (κ1) is 15.0. The number of esters is 1. The zero-order chi connectivity index (χ0) is 12.6. The minimum Gasteiger partial charge on any atom is -0.465 e. The standard InChI is InChI=1S/C11H18ClNO3/c1-4-10(14)13-8(3)6-7-9(12)11(15)16-5-2/h4,8-9H,1,5-7H2,2-3H3,(H,13,14). The molecule has 1 N–H and O–H groups in total. The lowest BCUT2D eigenvalue weighted by Gasteiger charge is -2.14. The van der Waals surface area contributed by atoms with Gasteiger partial charge in [0.2, 0.25) is 5.91 Å². The Morgan fingerprint density at radius 2 is 2.12 bits per heavy atom. The number of ether oxygens (including phenoxy) is 1. The first-order chi connectivity index (χ1) is 7.51. The first-order valence-electron chi connectivity index (χ1n) is 5.24. The minimum atomic E-state index is -0.650. The average Bonchev–Trinajstić information content (AvgIpc) is 2.25. The average molecular weight is 248 g/mol. The Kier molecular flexibility index (Phi) is 7.64. The molecule has 0 saturated heterocycles. The predicted molar refractivity (Wildman–Crippen MR) is 63.3 cm³/mol. The molecule has 4 nitrogen and oxygen atoms in total. The summed E-state index contributed by atoms with van der Waals surface area (Å²) < 4.78 is 4.76. The van der Waals surface area contributed by atoms with Gasteiger partial charge >= 0.3 is 5.97 Å². The van der Waals surface area contributed by atoms with Crippen LogP contribution in [0.2, 0.25) is 0 Å². The summed E-state index contributed by atoms with van der Waals surface area (Å²) in [5, 5.41) is 2.04. The molecule has 0 saturated carbocycles. The number of amides is 1. The molecule has 5 heteroatoms. The molecule has 0 aromatic carbocycles.